The van der Waals surface area contributed by atoms with E-state index in [4.69, 9.17) is 11.6 Å². The number of halogens is 1. The fraction of sp³-hybridized carbons (Fsp3) is 0. The van der Waals surface area contributed by atoms with Crippen molar-refractivity contribution in [3.05, 3.63) is 58.1 Å². The Bertz CT molecular complexity index is 827. The lowest BCUT2D eigenvalue weighted by Crippen LogP contribution is -2.06. The van der Waals surface area contributed by atoms with E-state index in [1.165, 1.54) is 6.33 Å². The van der Waals surface area contributed by atoms with Gasteiger partial charge in [0.25, 0.3) is 5.56 Å². The first-order valence-corrected chi connectivity index (χ1v) is 5.99. The van der Waals surface area contributed by atoms with Crippen molar-refractivity contribution in [2.75, 3.05) is 0 Å². The van der Waals surface area contributed by atoms with Crippen LogP contribution in [0.2, 0.25) is 5.02 Å². The molecule has 0 amide bonds. The molecule has 0 saturated heterocycles. The Hall–Kier alpha value is -2.33. The van der Waals surface area contributed by atoms with E-state index in [0.717, 1.165) is 5.56 Å². The average molecular weight is 273 g/mol. The first-order chi connectivity index (χ1) is 9.15. The normalized spacial score (nSPS) is 10.8. The highest BCUT2D eigenvalue weighted by Gasteiger charge is 2.08. The van der Waals surface area contributed by atoms with E-state index in [1.807, 2.05) is 12.1 Å². The van der Waals surface area contributed by atoms with Crippen LogP contribution < -0.4 is 5.56 Å². The molecule has 0 radical (unpaired) electrons. The summed E-state index contributed by atoms with van der Waals surface area (Å²) in [6.45, 7) is 0. The minimum atomic E-state index is -0.288. The Morgan fingerprint density at radius 2 is 2.00 bits per heavy atom. The molecule has 94 valence electrons. The number of nitrogens with zero attached hydrogens (tertiary/aromatic N) is 1. The molecule has 2 N–H and O–H groups in total. The van der Waals surface area contributed by atoms with Gasteiger partial charge in [-0.15, -0.1) is 0 Å². The van der Waals surface area contributed by atoms with Crippen LogP contribution in [-0.2, 0) is 0 Å². The molecule has 1 aromatic heterocycles. The Morgan fingerprint density at radius 3 is 2.79 bits per heavy atom. The zero-order valence-electron chi connectivity index (χ0n) is 9.72. The van der Waals surface area contributed by atoms with E-state index >= 15 is 0 Å². The average Bonchev–Trinajstić information content (AvgIpc) is 2.40. The summed E-state index contributed by atoms with van der Waals surface area (Å²) < 4.78 is 0. The number of aromatic nitrogens is 2. The first kappa shape index (κ1) is 11.7. The maximum absolute atomic E-state index is 11.7. The number of aromatic amines is 1. The van der Waals surface area contributed by atoms with E-state index in [0.29, 0.717) is 16.0 Å². The number of H-pyrrole nitrogens is 1. The van der Waals surface area contributed by atoms with Crippen molar-refractivity contribution >= 4 is 22.5 Å². The third-order valence-corrected chi connectivity index (χ3v) is 3.12. The fourth-order valence-corrected chi connectivity index (χ4v) is 2.19. The molecule has 0 bridgehead atoms. The SMILES string of the molecule is O=c1[nH]cnc2c(O)cc(-c3cccc(Cl)c3)cc12. The zero-order chi connectivity index (χ0) is 13.4. The summed E-state index contributed by atoms with van der Waals surface area (Å²) in [4.78, 5) is 18.2. The van der Waals surface area contributed by atoms with Crippen molar-refractivity contribution in [1.82, 2.24) is 9.97 Å². The molecule has 0 saturated carbocycles. The Kier molecular flexibility index (Phi) is 2.72. The molecule has 4 nitrogen and oxygen atoms in total. The summed E-state index contributed by atoms with van der Waals surface area (Å²) in [7, 11) is 0. The number of hydrogen-bond acceptors (Lipinski definition) is 3. The molecule has 0 aliphatic carbocycles. The van der Waals surface area contributed by atoms with Gasteiger partial charge < -0.3 is 10.1 Å². The summed E-state index contributed by atoms with van der Waals surface area (Å²) in [5.74, 6) is -0.0291. The van der Waals surface area contributed by atoms with Gasteiger partial charge in [-0.3, -0.25) is 4.79 Å². The van der Waals surface area contributed by atoms with E-state index in [1.54, 1.807) is 24.3 Å². The van der Waals surface area contributed by atoms with Crippen LogP contribution >= 0.6 is 11.6 Å². The number of rotatable bonds is 1. The van der Waals surface area contributed by atoms with Crippen LogP contribution in [0.3, 0.4) is 0 Å². The van der Waals surface area contributed by atoms with Crippen LogP contribution in [0.15, 0.2) is 47.5 Å². The second-order valence-electron chi connectivity index (χ2n) is 4.13. The lowest BCUT2D eigenvalue weighted by molar-refractivity contribution is 0.480. The smallest absolute Gasteiger partial charge is 0.258 e. The summed E-state index contributed by atoms with van der Waals surface area (Å²) in [6, 6.07) is 10.5. The molecule has 2 aromatic carbocycles. The molecule has 0 unspecified atom stereocenters. The molecule has 0 spiro atoms. The third-order valence-electron chi connectivity index (χ3n) is 2.88. The Morgan fingerprint density at radius 1 is 1.16 bits per heavy atom. The van der Waals surface area contributed by atoms with Crippen LogP contribution in [0.5, 0.6) is 5.75 Å². The van der Waals surface area contributed by atoms with E-state index in [9.17, 15) is 9.90 Å². The van der Waals surface area contributed by atoms with Gasteiger partial charge in [-0.05, 0) is 35.4 Å². The Balaban J connectivity index is 2.32. The van der Waals surface area contributed by atoms with Crippen LogP contribution in [0.1, 0.15) is 0 Å². The van der Waals surface area contributed by atoms with Gasteiger partial charge in [0.15, 0.2) is 0 Å². The number of fused-ring (bicyclic) bond motifs is 1. The van der Waals surface area contributed by atoms with E-state index in [2.05, 4.69) is 9.97 Å². The fourth-order valence-electron chi connectivity index (χ4n) is 2.00. The molecule has 0 atom stereocenters. The summed E-state index contributed by atoms with van der Waals surface area (Å²) >= 11 is 5.94. The number of nitrogens with one attached hydrogen (secondary N) is 1. The van der Waals surface area contributed by atoms with Crippen LogP contribution in [0.4, 0.5) is 0 Å². The standard InChI is InChI=1S/C14H9ClN2O2/c15-10-3-1-2-8(4-10)9-5-11-13(12(18)6-9)16-7-17-14(11)19/h1-7,18H,(H,16,17,19). The highest BCUT2D eigenvalue weighted by molar-refractivity contribution is 6.30. The van der Waals surface area contributed by atoms with Gasteiger partial charge in [-0.1, -0.05) is 23.7 Å². The van der Waals surface area contributed by atoms with Gasteiger partial charge in [0.1, 0.15) is 11.3 Å². The predicted octanol–water partition coefficient (Wildman–Crippen LogP) is 2.95. The third kappa shape index (κ3) is 2.06. The first-order valence-electron chi connectivity index (χ1n) is 5.61. The van der Waals surface area contributed by atoms with Gasteiger partial charge in [-0.25, -0.2) is 4.98 Å². The van der Waals surface area contributed by atoms with Crippen molar-refractivity contribution in [2.24, 2.45) is 0 Å². The quantitative estimate of drug-likeness (QED) is 0.716. The van der Waals surface area contributed by atoms with Gasteiger partial charge in [-0.2, -0.15) is 0 Å². The van der Waals surface area contributed by atoms with E-state index < -0.39 is 0 Å². The summed E-state index contributed by atoms with van der Waals surface area (Å²) in [6.07, 6.45) is 1.27. The van der Waals surface area contributed by atoms with Crippen molar-refractivity contribution in [3.8, 4) is 16.9 Å². The minimum absolute atomic E-state index is 0.0291. The van der Waals surface area contributed by atoms with Crippen molar-refractivity contribution in [2.45, 2.75) is 0 Å². The van der Waals surface area contributed by atoms with Gasteiger partial charge in [0.2, 0.25) is 0 Å². The number of phenols is 1. The van der Waals surface area contributed by atoms with E-state index in [-0.39, 0.29) is 16.8 Å². The number of hydrogen-bond donors (Lipinski definition) is 2. The maximum atomic E-state index is 11.7. The molecule has 3 aromatic rings. The lowest BCUT2D eigenvalue weighted by Gasteiger charge is -2.05. The number of benzene rings is 2. The molecule has 1 heterocycles. The van der Waals surface area contributed by atoms with Gasteiger partial charge in [0, 0.05) is 5.02 Å². The number of phenolic OH excluding ortho intramolecular Hbond substituents is 1. The summed E-state index contributed by atoms with van der Waals surface area (Å²) in [5, 5.41) is 10.9. The highest BCUT2D eigenvalue weighted by Crippen LogP contribution is 2.30. The maximum Gasteiger partial charge on any atom is 0.258 e. The Labute approximate surface area is 113 Å². The lowest BCUT2D eigenvalue weighted by atomic mass is 10.0. The molecule has 5 heteroatoms. The predicted molar refractivity (Wildman–Crippen MR) is 74.5 cm³/mol. The van der Waals surface area contributed by atoms with Crippen molar-refractivity contribution in [3.63, 3.8) is 0 Å². The van der Waals surface area contributed by atoms with Gasteiger partial charge >= 0.3 is 0 Å². The molecule has 0 fully saturated rings. The monoisotopic (exact) mass is 272 g/mol. The molecule has 3 rings (SSSR count). The van der Waals surface area contributed by atoms with Crippen LogP contribution in [0.25, 0.3) is 22.0 Å². The van der Waals surface area contributed by atoms with Crippen molar-refractivity contribution in [1.29, 1.82) is 0 Å². The van der Waals surface area contributed by atoms with Crippen LogP contribution in [-0.4, -0.2) is 15.1 Å². The molecular weight excluding hydrogens is 264 g/mol. The number of aromatic hydroxyl groups is 1. The highest BCUT2D eigenvalue weighted by atomic mass is 35.5. The molecule has 0 aliphatic rings. The molecular formula is C14H9ClN2O2. The molecule has 0 aliphatic heterocycles. The second-order valence-corrected chi connectivity index (χ2v) is 4.57. The minimum Gasteiger partial charge on any atom is -0.506 e. The molecule has 19 heavy (non-hydrogen) atoms. The topological polar surface area (TPSA) is 66.0 Å². The summed E-state index contributed by atoms with van der Waals surface area (Å²) in [5.41, 5.74) is 1.54. The zero-order valence-corrected chi connectivity index (χ0v) is 10.5. The van der Waals surface area contributed by atoms with Gasteiger partial charge in [0.05, 0.1) is 11.7 Å². The van der Waals surface area contributed by atoms with Crippen molar-refractivity contribution < 1.29 is 5.11 Å². The second kappa shape index (κ2) is 4.40. The largest absolute Gasteiger partial charge is 0.506 e. The van der Waals surface area contributed by atoms with Crippen LogP contribution in [0, 0.1) is 0 Å².